The van der Waals surface area contributed by atoms with Crippen LogP contribution >= 0.6 is 11.8 Å². The van der Waals surface area contributed by atoms with Crippen LogP contribution in [0.1, 0.15) is 37.0 Å². The summed E-state index contributed by atoms with van der Waals surface area (Å²) in [4.78, 5) is 11.7. The Morgan fingerprint density at radius 1 is 1.26 bits per heavy atom. The molecule has 1 amide bonds. The van der Waals surface area contributed by atoms with Crippen molar-refractivity contribution >= 4 is 23.4 Å². The van der Waals surface area contributed by atoms with Crippen LogP contribution in [0, 0.1) is 0 Å². The highest BCUT2D eigenvalue weighted by Gasteiger charge is 2.27. The van der Waals surface area contributed by atoms with E-state index < -0.39 is 11.8 Å². The molecule has 0 saturated heterocycles. The van der Waals surface area contributed by atoms with Crippen molar-refractivity contribution in [3.05, 3.63) is 52.9 Å². The van der Waals surface area contributed by atoms with E-state index in [0.29, 0.717) is 17.3 Å². The number of halogens is 2. The van der Waals surface area contributed by atoms with Gasteiger partial charge in [0.15, 0.2) is 0 Å². The second kappa shape index (κ2) is 8.72. The molecular formula is C17H22F2N2OS. The first kappa shape index (κ1) is 19.2. The van der Waals surface area contributed by atoms with Crippen LogP contribution in [0.3, 0.4) is 0 Å². The van der Waals surface area contributed by atoms with E-state index >= 15 is 0 Å². The highest BCUT2D eigenvalue weighted by atomic mass is 32.2. The zero-order chi connectivity index (χ0) is 17.5. The van der Waals surface area contributed by atoms with Crippen LogP contribution in [0.25, 0.3) is 0 Å². The maximum atomic E-state index is 13.0. The van der Waals surface area contributed by atoms with Gasteiger partial charge in [-0.15, -0.1) is 0 Å². The number of alkyl halides is 2. The first-order chi connectivity index (χ1) is 10.7. The summed E-state index contributed by atoms with van der Waals surface area (Å²) >= 11 is 0.663. The number of amides is 1. The lowest BCUT2D eigenvalue weighted by atomic mass is 10.2. The van der Waals surface area contributed by atoms with Gasteiger partial charge in [-0.25, -0.2) is 8.78 Å². The van der Waals surface area contributed by atoms with Gasteiger partial charge in [0.25, 0.3) is 11.8 Å². The number of carbonyl (C=O) groups excluding carboxylic acids is 1. The van der Waals surface area contributed by atoms with E-state index in [4.69, 9.17) is 0 Å². The van der Waals surface area contributed by atoms with Crippen LogP contribution in [0.15, 0.2) is 47.4 Å². The average Bonchev–Trinajstić information content (AvgIpc) is 2.47. The summed E-state index contributed by atoms with van der Waals surface area (Å²) in [5.41, 5.74) is 1.36. The molecule has 0 atom stereocenters. The van der Waals surface area contributed by atoms with E-state index in [2.05, 4.69) is 30.7 Å². The van der Waals surface area contributed by atoms with Gasteiger partial charge in [-0.1, -0.05) is 38.3 Å². The number of allylic oxidation sites excluding steroid dienone is 1. The molecule has 0 aliphatic rings. The third-order valence-electron chi connectivity index (χ3n) is 3.00. The Morgan fingerprint density at radius 2 is 1.87 bits per heavy atom. The monoisotopic (exact) mass is 340 g/mol. The molecule has 1 aromatic carbocycles. The van der Waals surface area contributed by atoms with E-state index in [0.717, 1.165) is 32.0 Å². The van der Waals surface area contributed by atoms with Gasteiger partial charge in [-0.3, -0.25) is 4.79 Å². The minimum absolute atomic E-state index is 0.117. The molecule has 1 aromatic rings. The summed E-state index contributed by atoms with van der Waals surface area (Å²) in [6.07, 6.45) is 2.18. The van der Waals surface area contributed by atoms with Crippen molar-refractivity contribution in [1.29, 1.82) is 0 Å². The summed E-state index contributed by atoms with van der Waals surface area (Å²) in [5, 5.41) is 5.85. The first-order valence-corrected chi connectivity index (χ1v) is 8.15. The fourth-order valence-corrected chi connectivity index (χ4v) is 2.23. The molecule has 1 rings (SSSR count). The Morgan fingerprint density at radius 3 is 2.39 bits per heavy atom. The summed E-state index contributed by atoms with van der Waals surface area (Å²) in [7, 11) is 0. The molecular weight excluding hydrogens is 318 g/mol. The Balaban J connectivity index is 2.54. The largest absolute Gasteiger partial charge is 0.385 e. The van der Waals surface area contributed by atoms with Crippen LogP contribution in [0.4, 0.5) is 14.5 Å². The van der Waals surface area contributed by atoms with Crippen LogP contribution in [-0.2, 0) is 0 Å². The number of unbranched alkanes of at least 4 members (excludes halogenated alkanes) is 1. The van der Waals surface area contributed by atoms with E-state index in [1.165, 1.54) is 0 Å². The normalized spacial score (nSPS) is 11.0. The standard InChI is InChI=1S/C17H22F2N2OS/c1-5-6-11-20-15-9-7-14(8-10-15)16(22)21-13(3)23-12(2)17(4,18)19/h7-10,20H,2-3,5-6,11H2,1,4H3,(H,21,22). The van der Waals surface area contributed by atoms with Gasteiger partial charge in [0, 0.05) is 24.7 Å². The highest BCUT2D eigenvalue weighted by molar-refractivity contribution is 8.06. The Bertz CT molecular complexity index is 565. The Labute approximate surface area is 140 Å². The molecule has 6 heteroatoms. The number of rotatable bonds is 9. The van der Waals surface area contributed by atoms with Gasteiger partial charge >= 0.3 is 0 Å². The summed E-state index contributed by atoms with van der Waals surface area (Å²) in [6.45, 7) is 10.6. The number of benzene rings is 1. The number of thioether (sulfide) groups is 1. The number of nitrogens with one attached hydrogen (secondary N) is 2. The lowest BCUT2D eigenvalue weighted by Gasteiger charge is -2.15. The third-order valence-corrected chi connectivity index (χ3v) is 3.95. The molecule has 0 aromatic heterocycles. The molecule has 0 heterocycles. The second-order valence-corrected chi connectivity index (χ2v) is 6.34. The van der Waals surface area contributed by atoms with Crippen molar-refractivity contribution in [2.24, 2.45) is 0 Å². The maximum Gasteiger partial charge on any atom is 0.276 e. The molecule has 0 unspecified atom stereocenters. The minimum atomic E-state index is -3.02. The fraction of sp³-hybridized carbons (Fsp3) is 0.353. The average molecular weight is 340 g/mol. The minimum Gasteiger partial charge on any atom is -0.385 e. The molecule has 0 aliphatic heterocycles. The van der Waals surface area contributed by atoms with Gasteiger partial charge in [0.2, 0.25) is 0 Å². The molecule has 126 valence electrons. The van der Waals surface area contributed by atoms with E-state index in [-0.39, 0.29) is 9.93 Å². The van der Waals surface area contributed by atoms with Crippen LogP contribution < -0.4 is 10.6 Å². The topological polar surface area (TPSA) is 41.1 Å². The molecule has 0 spiro atoms. The van der Waals surface area contributed by atoms with Gasteiger partial charge in [-0.2, -0.15) is 0 Å². The summed E-state index contributed by atoms with van der Waals surface area (Å²) in [5.74, 6) is -3.42. The fourth-order valence-electron chi connectivity index (χ4n) is 1.61. The predicted molar refractivity (Wildman–Crippen MR) is 93.8 cm³/mol. The Kier molecular flexibility index (Phi) is 7.29. The third kappa shape index (κ3) is 6.86. The van der Waals surface area contributed by atoms with E-state index in [9.17, 15) is 13.6 Å². The second-order valence-electron chi connectivity index (χ2n) is 5.15. The van der Waals surface area contributed by atoms with Crippen molar-refractivity contribution in [3.63, 3.8) is 0 Å². The van der Waals surface area contributed by atoms with Crippen LogP contribution in [-0.4, -0.2) is 18.4 Å². The molecule has 3 nitrogen and oxygen atoms in total. The lowest BCUT2D eigenvalue weighted by molar-refractivity contribution is 0.0735. The SMILES string of the molecule is C=C(NC(=O)c1ccc(NCCCC)cc1)SC(=C)C(C)(F)F. The van der Waals surface area contributed by atoms with Gasteiger partial charge in [0.05, 0.1) is 9.93 Å². The zero-order valence-electron chi connectivity index (χ0n) is 13.4. The van der Waals surface area contributed by atoms with Crippen molar-refractivity contribution in [1.82, 2.24) is 5.32 Å². The van der Waals surface area contributed by atoms with E-state index in [1.54, 1.807) is 24.3 Å². The van der Waals surface area contributed by atoms with Gasteiger partial charge in [0.1, 0.15) is 0 Å². The van der Waals surface area contributed by atoms with Crippen molar-refractivity contribution in [2.45, 2.75) is 32.6 Å². The van der Waals surface area contributed by atoms with E-state index in [1.807, 2.05) is 0 Å². The molecule has 0 bridgehead atoms. The molecule has 0 fully saturated rings. The quantitative estimate of drug-likeness (QED) is 0.622. The van der Waals surface area contributed by atoms with Crippen molar-refractivity contribution in [3.8, 4) is 0 Å². The summed E-state index contributed by atoms with van der Waals surface area (Å²) < 4.78 is 26.1. The predicted octanol–water partition coefficient (Wildman–Crippen LogP) is 5.00. The number of hydrogen-bond acceptors (Lipinski definition) is 3. The van der Waals surface area contributed by atoms with Crippen LogP contribution in [0.2, 0.25) is 0 Å². The molecule has 0 aliphatic carbocycles. The number of hydrogen-bond donors (Lipinski definition) is 2. The Hall–Kier alpha value is -1.82. The number of carbonyl (C=O) groups is 1. The molecule has 0 radical (unpaired) electrons. The van der Waals surface area contributed by atoms with Gasteiger partial charge in [-0.05, 0) is 30.7 Å². The van der Waals surface area contributed by atoms with Gasteiger partial charge < -0.3 is 10.6 Å². The molecule has 0 saturated carbocycles. The smallest absolute Gasteiger partial charge is 0.276 e. The first-order valence-electron chi connectivity index (χ1n) is 7.33. The summed E-state index contributed by atoms with van der Waals surface area (Å²) in [6, 6.07) is 6.95. The van der Waals surface area contributed by atoms with Crippen molar-refractivity contribution < 1.29 is 13.6 Å². The molecule has 2 N–H and O–H groups in total. The molecule has 23 heavy (non-hydrogen) atoms. The van der Waals surface area contributed by atoms with Crippen LogP contribution in [0.5, 0.6) is 0 Å². The zero-order valence-corrected chi connectivity index (χ0v) is 14.2. The maximum absolute atomic E-state index is 13.0. The van der Waals surface area contributed by atoms with Crippen molar-refractivity contribution in [2.75, 3.05) is 11.9 Å². The lowest BCUT2D eigenvalue weighted by Crippen LogP contribution is -2.22. The highest BCUT2D eigenvalue weighted by Crippen LogP contribution is 2.34. The number of anilines is 1.